The minimum atomic E-state index is 0.584. The summed E-state index contributed by atoms with van der Waals surface area (Å²) >= 11 is 5.26. The Morgan fingerprint density at radius 3 is 2.89 bits per heavy atom. The van der Waals surface area contributed by atoms with Crippen LogP contribution in [0.3, 0.4) is 0 Å². The Labute approximate surface area is 113 Å². The zero-order chi connectivity index (χ0) is 12.8. The van der Waals surface area contributed by atoms with Crippen LogP contribution in [0.2, 0.25) is 0 Å². The Kier molecular flexibility index (Phi) is 4.36. The van der Waals surface area contributed by atoms with E-state index in [0.717, 1.165) is 30.0 Å². The number of rotatable bonds is 3. The molecule has 0 atom stereocenters. The molecule has 0 fully saturated rings. The normalized spacial score (nSPS) is 13.7. The van der Waals surface area contributed by atoms with Crippen molar-refractivity contribution in [1.29, 1.82) is 0 Å². The molecule has 0 bridgehead atoms. The lowest BCUT2D eigenvalue weighted by Gasteiger charge is -2.13. The lowest BCUT2D eigenvalue weighted by atomic mass is 10.1. The first-order valence-corrected chi connectivity index (χ1v) is 6.27. The second kappa shape index (κ2) is 6.21. The molecule has 0 aliphatic heterocycles. The van der Waals surface area contributed by atoms with Gasteiger partial charge in [0.05, 0.1) is 7.11 Å². The van der Waals surface area contributed by atoms with E-state index in [1.165, 1.54) is 0 Å². The van der Waals surface area contributed by atoms with E-state index in [1.54, 1.807) is 7.11 Å². The molecule has 0 unspecified atom stereocenters. The van der Waals surface area contributed by atoms with Gasteiger partial charge in [-0.05, 0) is 43.3 Å². The molecule has 0 radical (unpaired) electrons. The van der Waals surface area contributed by atoms with Crippen molar-refractivity contribution in [2.75, 3.05) is 12.4 Å². The van der Waals surface area contributed by atoms with E-state index in [1.807, 2.05) is 30.3 Å². The van der Waals surface area contributed by atoms with Gasteiger partial charge in [0, 0.05) is 17.5 Å². The number of thiocarbonyl (C=S) groups is 1. The maximum Gasteiger partial charge on any atom is 0.175 e. The standard InChI is InChI=1S/C14H16N2OS/c1-17-13-9-5-8-12(10-13)16-14(18)15-11-6-3-2-4-7-11/h3,5-10H,2,4H2,1H3,(H2,15,16,18). The highest BCUT2D eigenvalue weighted by atomic mass is 32.1. The van der Waals surface area contributed by atoms with Gasteiger partial charge in [0.25, 0.3) is 0 Å². The van der Waals surface area contributed by atoms with Crippen LogP contribution >= 0.6 is 12.2 Å². The van der Waals surface area contributed by atoms with Crippen molar-refractivity contribution >= 4 is 23.0 Å². The molecule has 1 aromatic rings. The van der Waals surface area contributed by atoms with Crippen LogP contribution in [0, 0.1) is 0 Å². The maximum absolute atomic E-state index is 5.26. The minimum Gasteiger partial charge on any atom is -0.497 e. The second-order valence-corrected chi connectivity index (χ2v) is 4.36. The molecule has 2 N–H and O–H groups in total. The highest BCUT2D eigenvalue weighted by Crippen LogP contribution is 2.16. The molecule has 0 aromatic heterocycles. The Bertz CT molecular complexity index is 494. The molecule has 0 heterocycles. The van der Waals surface area contributed by atoms with Crippen molar-refractivity contribution in [3.8, 4) is 5.75 Å². The van der Waals surface area contributed by atoms with Crippen molar-refractivity contribution in [3.63, 3.8) is 0 Å². The van der Waals surface area contributed by atoms with E-state index >= 15 is 0 Å². The summed E-state index contributed by atoms with van der Waals surface area (Å²) in [4.78, 5) is 0. The monoisotopic (exact) mass is 260 g/mol. The number of allylic oxidation sites excluding steroid dienone is 3. The summed E-state index contributed by atoms with van der Waals surface area (Å²) in [6, 6.07) is 7.66. The molecule has 0 spiro atoms. The summed E-state index contributed by atoms with van der Waals surface area (Å²) in [5.41, 5.74) is 1.95. The number of anilines is 1. The Balaban J connectivity index is 1.94. The first-order valence-electron chi connectivity index (χ1n) is 5.87. The number of ether oxygens (including phenoxy) is 1. The van der Waals surface area contributed by atoms with Gasteiger partial charge in [-0.25, -0.2) is 0 Å². The minimum absolute atomic E-state index is 0.584. The summed E-state index contributed by atoms with van der Waals surface area (Å²) in [6.07, 6.45) is 8.47. The molecular formula is C14H16N2OS. The average molecular weight is 260 g/mol. The number of nitrogens with one attached hydrogen (secondary N) is 2. The van der Waals surface area contributed by atoms with Crippen LogP contribution in [0.1, 0.15) is 12.8 Å². The summed E-state index contributed by atoms with van der Waals surface area (Å²) < 4.78 is 5.16. The van der Waals surface area contributed by atoms with Gasteiger partial charge >= 0.3 is 0 Å². The second-order valence-electron chi connectivity index (χ2n) is 3.95. The fourth-order valence-electron chi connectivity index (χ4n) is 1.70. The Morgan fingerprint density at radius 2 is 2.17 bits per heavy atom. The largest absolute Gasteiger partial charge is 0.497 e. The molecule has 1 aromatic carbocycles. The zero-order valence-corrected chi connectivity index (χ0v) is 11.1. The average Bonchev–Trinajstić information content (AvgIpc) is 2.40. The molecule has 4 heteroatoms. The molecule has 0 saturated carbocycles. The van der Waals surface area contributed by atoms with Gasteiger partial charge in [-0.2, -0.15) is 0 Å². The molecule has 0 amide bonds. The Morgan fingerprint density at radius 1 is 1.28 bits per heavy atom. The lowest BCUT2D eigenvalue weighted by molar-refractivity contribution is 0.415. The van der Waals surface area contributed by atoms with E-state index in [4.69, 9.17) is 17.0 Å². The summed E-state index contributed by atoms with van der Waals surface area (Å²) in [5.74, 6) is 0.805. The van der Waals surface area contributed by atoms with Crippen LogP contribution in [0.5, 0.6) is 5.75 Å². The van der Waals surface area contributed by atoms with Crippen molar-refractivity contribution in [2.45, 2.75) is 12.8 Å². The van der Waals surface area contributed by atoms with Gasteiger partial charge in [-0.15, -0.1) is 0 Å². The van der Waals surface area contributed by atoms with Crippen molar-refractivity contribution < 1.29 is 4.74 Å². The molecular weight excluding hydrogens is 244 g/mol. The predicted molar refractivity (Wildman–Crippen MR) is 78.8 cm³/mol. The zero-order valence-electron chi connectivity index (χ0n) is 10.3. The van der Waals surface area contributed by atoms with Crippen molar-refractivity contribution in [1.82, 2.24) is 5.32 Å². The molecule has 94 valence electrons. The first-order chi connectivity index (χ1) is 8.78. The van der Waals surface area contributed by atoms with Crippen LogP contribution in [0.4, 0.5) is 5.69 Å². The number of methoxy groups -OCH3 is 1. The van der Waals surface area contributed by atoms with Crippen LogP contribution in [0.25, 0.3) is 0 Å². The van der Waals surface area contributed by atoms with Crippen LogP contribution in [-0.4, -0.2) is 12.2 Å². The van der Waals surface area contributed by atoms with Gasteiger partial charge in [0.2, 0.25) is 0 Å². The fourth-order valence-corrected chi connectivity index (χ4v) is 1.94. The smallest absolute Gasteiger partial charge is 0.175 e. The van der Waals surface area contributed by atoms with E-state index in [-0.39, 0.29) is 0 Å². The van der Waals surface area contributed by atoms with Gasteiger partial charge in [-0.1, -0.05) is 18.2 Å². The predicted octanol–water partition coefficient (Wildman–Crippen LogP) is 3.22. The summed E-state index contributed by atoms with van der Waals surface area (Å²) in [6.45, 7) is 0. The van der Waals surface area contributed by atoms with Gasteiger partial charge in [0.15, 0.2) is 5.11 Å². The third-order valence-electron chi connectivity index (χ3n) is 2.58. The summed E-state index contributed by atoms with van der Waals surface area (Å²) in [5, 5.41) is 6.87. The van der Waals surface area contributed by atoms with Gasteiger partial charge < -0.3 is 15.4 Å². The highest BCUT2D eigenvalue weighted by Gasteiger charge is 2.02. The molecule has 2 rings (SSSR count). The van der Waals surface area contributed by atoms with E-state index < -0.39 is 0 Å². The van der Waals surface area contributed by atoms with E-state index in [9.17, 15) is 0 Å². The molecule has 18 heavy (non-hydrogen) atoms. The van der Waals surface area contributed by atoms with Gasteiger partial charge in [0.1, 0.15) is 5.75 Å². The van der Waals surface area contributed by atoms with Crippen LogP contribution in [0.15, 0.2) is 48.2 Å². The first kappa shape index (κ1) is 12.6. The molecule has 3 nitrogen and oxygen atoms in total. The fraction of sp³-hybridized carbons (Fsp3) is 0.214. The van der Waals surface area contributed by atoms with Crippen molar-refractivity contribution in [3.05, 3.63) is 48.2 Å². The van der Waals surface area contributed by atoms with Crippen molar-refractivity contribution in [2.24, 2.45) is 0 Å². The highest BCUT2D eigenvalue weighted by molar-refractivity contribution is 7.80. The topological polar surface area (TPSA) is 33.3 Å². The lowest BCUT2D eigenvalue weighted by Crippen LogP contribution is -2.27. The Hall–Kier alpha value is -1.81. The molecule has 0 saturated heterocycles. The number of hydrogen-bond donors (Lipinski definition) is 2. The molecule has 1 aliphatic carbocycles. The van der Waals surface area contributed by atoms with Crippen LogP contribution < -0.4 is 15.4 Å². The molecule has 1 aliphatic rings. The quantitative estimate of drug-likeness (QED) is 0.818. The van der Waals surface area contributed by atoms with Crippen LogP contribution in [-0.2, 0) is 0 Å². The summed E-state index contributed by atoms with van der Waals surface area (Å²) in [7, 11) is 1.65. The van der Waals surface area contributed by atoms with Gasteiger partial charge in [-0.3, -0.25) is 0 Å². The third kappa shape index (κ3) is 3.60. The van der Waals surface area contributed by atoms with E-state index in [0.29, 0.717) is 5.11 Å². The number of benzene rings is 1. The third-order valence-corrected chi connectivity index (χ3v) is 2.78. The number of hydrogen-bond acceptors (Lipinski definition) is 2. The SMILES string of the molecule is COc1cccc(NC(=S)NC2=CCCC=C2)c1. The van der Waals surface area contributed by atoms with E-state index in [2.05, 4.69) is 22.8 Å². The maximum atomic E-state index is 5.26.